The Balaban J connectivity index is 0.00000176. The average molecular weight is 854 g/mol. The Labute approximate surface area is 334 Å². The summed E-state index contributed by atoms with van der Waals surface area (Å²) < 4.78 is 0. The van der Waals surface area contributed by atoms with Crippen LogP contribution < -0.4 is 0 Å². The number of pyridine rings is 1. The van der Waals surface area contributed by atoms with Crippen LogP contribution in [0.15, 0.2) is 60.7 Å². The summed E-state index contributed by atoms with van der Waals surface area (Å²) in [6.07, 6.45) is 25.9. The largest absolute Gasteiger partial charge is 0.673 e. The molecule has 4 unspecified atom stereocenters. The maximum atomic E-state index is 6.06. The van der Waals surface area contributed by atoms with Crippen molar-refractivity contribution in [2.45, 2.75) is 166 Å². The van der Waals surface area contributed by atoms with Crippen LogP contribution in [0.4, 0.5) is 5.69 Å². The summed E-state index contributed by atoms with van der Waals surface area (Å²) in [5, 5.41) is 6.06. The molecule has 4 aliphatic rings. The minimum atomic E-state index is -0.0873. The van der Waals surface area contributed by atoms with Crippen molar-refractivity contribution in [1.29, 1.82) is 0 Å². The van der Waals surface area contributed by atoms with E-state index < -0.39 is 0 Å². The first-order chi connectivity index (χ1) is 23.2. The van der Waals surface area contributed by atoms with Crippen molar-refractivity contribution < 1.29 is 25.8 Å². The van der Waals surface area contributed by atoms with E-state index >= 15 is 0 Å². The number of benzene rings is 2. The SMILES string of the molecule is CC(C)c1ccccc1C([N-]c1c(C2CCCCCC2)cccc1C1CCCCCC1)c1cccc(C2CCCC3CCCCC32)n1.[CH3-].[CH3-].[CH3-].[Hf]. The second-order valence-electron chi connectivity index (χ2n) is 16.2. The zero-order valence-corrected chi connectivity index (χ0v) is 36.7. The van der Waals surface area contributed by atoms with Gasteiger partial charge < -0.3 is 27.6 Å². The van der Waals surface area contributed by atoms with Crippen LogP contribution in [0.2, 0.25) is 0 Å². The van der Waals surface area contributed by atoms with Gasteiger partial charge in [-0.3, -0.25) is 4.98 Å². The molecule has 280 valence electrons. The quantitative estimate of drug-likeness (QED) is 0.126. The fraction of sp³-hybridized carbons (Fsp3) is 0.583. The summed E-state index contributed by atoms with van der Waals surface area (Å²) in [6, 6.07) is 23.4. The fourth-order valence-corrected chi connectivity index (χ4v) is 10.4. The van der Waals surface area contributed by atoms with E-state index in [0.717, 1.165) is 17.5 Å². The van der Waals surface area contributed by atoms with Crippen LogP contribution in [-0.2, 0) is 25.8 Å². The van der Waals surface area contributed by atoms with E-state index in [1.165, 1.54) is 156 Å². The number of nitrogens with zero attached hydrogens (tertiary/aromatic N) is 2. The molecule has 51 heavy (non-hydrogen) atoms. The van der Waals surface area contributed by atoms with Crippen LogP contribution in [0, 0.1) is 34.1 Å². The van der Waals surface area contributed by atoms with E-state index in [4.69, 9.17) is 10.3 Å². The standard InChI is InChI=1S/C45H61N2.3CH3.Hf/c1-32(2)36-24-13-14-26-41(36)45(43-31-17-30-42(46-43)40-29-15-23-33-22-11-12-25-37(33)40)47-44-38(34-18-7-3-4-8-19-34)27-16-28-39(44)35-20-9-5-6-10-21-35;;;;/h13-14,16-17,24,26-28,30-35,37,40,45H,3-12,15,18-23,25,29H2,1-2H3;3*1H3;/q4*-1;. The number of rotatable bonds is 8. The monoisotopic (exact) mass is 855 g/mol. The van der Waals surface area contributed by atoms with Crippen LogP contribution in [0.3, 0.4) is 0 Å². The molecule has 0 aliphatic heterocycles. The number of para-hydroxylation sites is 1. The van der Waals surface area contributed by atoms with E-state index in [0.29, 0.717) is 23.7 Å². The minimum absolute atomic E-state index is 0. The second-order valence-corrected chi connectivity index (χ2v) is 16.2. The zero-order valence-electron chi connectivity index (χ0n) is 33.1. The summed E-state index contributed by atoms with van der Waals surface area (Å²) in [7, 11) is 0. The smallest absolute Gasteiger partial charge is 0.0440 e. The molecule has 1 heterocycles. The van der Waals surface area contributed by atoms with E-state index in [1.807, 2.05) is 0 Å². The molecule has 2 aromatic carbocycles. The maximum absolute atomic E-state index is 6.06. The van der Waals surface area contributed by atoms with Crippen LogP contribution in [-0.4, -0.2) is 4.98 Å². The molecule has 4 saturated carbocycles. The van der Waals surface area contributed by atoms with Gasteiger partial charge in [-0.2, -0.15) is 0 Å². The molecule has 4 atom stereocenters. The van der Waals surface area contributed by atoms with Gasteiger partial charge in [0, 0.05) is 43.1 Å². The van der Waals surface area contributed by atoms with E-state index in [1.54, 1.807) is 0 Å². The maximum Gasteiger partial charge on any atom is 0.0440 e. The Kier molecular flexibility index (Phi) is 18.2. The molecule has 0 bridgehead atoms. The van der Waals surface area contributed by atoms with Crippen LogP contribution in [0.25, 0.3) is 5.32 Å². The minimum Gasteiger partial charge on any atom is -0.673 e. The van der Waals surface area contributed by atoms with Crippen molar-refractivity contribution in [2.24, 2.45) is 11.8 Å². The van der Waals surface area contributed by atoms with Gasteiger partial charge in [0.2, 0.25) is 0 Å². The van der Waals surface area contributed by atoms with E-state index in [2.05, 4.69) is 74.5 Å². The number of hydrogen-bond donors (Lipinski definition) is 0. The van der Waals surface area contributed by atoms with Crippen molar-refractivity contribution in [3.8, 4) is 0 Å². The number of hydrogen-bond acceptors (Lipinski definition) is 1. The molecule has 4 aliphatic carbocycles. The molecular formula is C48H70HfN2-4. The predicted molar refractivity (Wildman–Crippen MR) is 218 cm³/mol. The van der Waals surface area contributed by atoms with E-state index in [9.17, 15) is 0 Å². The Morgan fingerprint density at radius 3 is 1.69 bits per heavy atom. The summed E-state index contributed by atoms with van der Waals surface area (Å²) in [5.41, 5.74) is 9.70. The first-order valence-electron chi connectivity index (χ1n) is 20.1. The molecule has 2 nitrogen and oxygen atoms in total. The Morgan fingerprint density at radius 2 is 1.08 bits per heavy atom. The fourth-order valence-electron chi connectivity index (χ4n) is 10.4. The first kappa shape index (κ1) is 43.7. The number of aromatic nitrogens is 1. The third-order valence-corrected chi connectivity index (χ3v) is 12.9. The molecular weight excluding hydrogens is 783 g/mol. The van der Waals surface area contributed by atoms with Gasteiger partial charge >= 0.3 is 0 Å². The Bertz CT molecular complexity index is 1390. The zero-order chi connectivity index (χ0) is 32.0. The van der Waals surface area contributed by atoms with Gasteiger partial charge in [0.15, 0.2) is 0 Å². The summed E-state index contributed by atoms with van der Waals surface area (Å²) in [4.78, 5) is 5.68. The van der Waals surface area contributed by atoms with Crippen molar-refractivity contribution in [2.75, 3.05) is 0 Å². The molecule has 0 saturated heterocycles. The van der Waals surface area contributed by atoms with E-state index in [-0.39, 0.29) is 54.2 Å². The second kappa shape index (κ2) is 21.2. The molecule has 7 rings (SSSR count). The molecule has 0 amide bonds. The molecule has 0 spiro atoms. The van der Waals surface area contributed by atoms with Gasteiger partial charge in [-0.05, 0) is 91.9 Å². The molecule has 3 heteroatoms. The Hall–Kier alpha value is -1.74. The molecule has 4 fully saturated rings. The van der Waals surface area contributed by atoms with Crippen molar-refractivity contribution in [3.05, 3.63) is 122 Å². The predicted octanol–water partition coefficient (Wildman–Crippen LogP) is 15.3. The number of fused-ring (bicyclic) bond motifs is 1. The van der Waals surface area contributed by atoms with Crippen molar-refractivity contribution >= 4 is 5.69 Å². The third kappa shape index (κ3) is 10.3. The third-order valence-electron chi connectivity index (χ3n) is 12.9. The molecule has 0 radical (unpaired) electrons. The normalized spacial score (nSPS) is 23.5. The molecule has 3 aromatic rings. The average Bonchev–Trinajstić information content (AvgIpc) is 3.57. The first-order valence-corrected chi connectivity index (χ1v) is 20.1. The van der Waals surface area contributed by atoms with Gasteiger partial charge in [0.1, 0.15) is 0 Å². The Morgan fingerprint density at radius 1 is 0.549 bits per heavy atom. The molecule has 0 N–H and O–H groups in total. The van der Waals surface area contributed by atoms with Gasteiger partial charge in [-0.1, -0.05) is 163 Å². The van der Waals surface area contributed by atoms with Gasteiger partial charge in [0.25, 0.3) is 0 Å². The molecule has 1 aromatic heterocycles. The summed E-state index contributed by atoms with van der Waals surface area (Å²) >= 11 is 0. The summed E-state index contributed by atoms with van der Waals surface area (Å²) in [6.45, 7) is 4.70. The topological polar surface area (TPSA) is 27.0 Å². The van der Waals surface area contributed by atoms with Crippen LogP contribution >= 0.6 is 0 Å². The summed E-state index contributed by atoms with van der Waals surface area (Å²) in [5.74, 6) is 4.00. The van der Waals surface area contributed by atoms with Crippen molar-refractivity contribution in [1.82, 2.24) is 4.98 Å². The van der Waals surface area contributed by atoms with Gasteiger partial charge in [-0.15, -0.1) is 5.69 Å². The van der Waals surface area contributed by atoms with Gasteiger partial charge in [0.05, 0.1) is 0 Å². The van der Waals surface area contributed by atoms with Crippen molar-refractivity contribution in [3.63, 3.8) is 0 Å². The van der Waals surface area contributed by atoms with Gasteiger partial charge in [-0.25, -0.2) is 0 Å². The van der Waals surface area contributed by atoms with Crippen LogP contribution in [0.5, 0.6) is 0 Å². The van der Waals surface area contributed by atoms with Crippen LogP contribution in [0.1, 0.15) is 199 Å².